The number of fused-ring (bicyclic) bond motifs is 1. The lowest BCUT2D eigenvalue weighted by atomic mass is 9.97. The summed E-state index contributed by atoms with van der Waals surface area (Å²) in [5.74, 6) is 0.998. The van der Waals surface area contributed by atoms with Crippen LogP contribution in [0.2, 0.25) is 0 Å². The van der Waals surface area contributed by atoms with Crippen molar-refractivity contribution in [2.24, 2.45) is 5.92 Å². The van der Waals surface area contributed by atoms with Gasteiger partial charge in [0.25, 0.3) is 0 Å². The van der Waals surface area contributed by atoms with Gasteiger partial charge in [0.1, 0.15) is 6.33 Å². The molecule has 0 bridgehead atoms. The smallest absolute Gasteiger partial charge is 0.200 e. The fourth-order valence-corrected chi connectivity index (χ4v) is 2.89. The lowest BCUT2D eigenvalue weighted by Gasteiger charge is -2.24. The fraction of sp³-hybridized carbons (Fsp3) is 0.412. The van der Waals surface area contributed by atoms with Crippen molar-refractivity contribution >= 4 is 11.3 Å². The summed E-state index contributed by atoms with van der Waals surface area (Å²) in [5.41, 5.74) is 4.05. The molecule has 118 valence electrons. The molecular formula is C17H20N6. The Balaban J connectivity index is 1.74. The third-order valence-electron chi connectivity index (χ3n) is 4.30. The quantitative estimate of drug-likeness (QED) is 0.784. The first kappa shape index (κ1) is 14.1. The molecule has 1 N–H and O–H groups in total. The van der Waals surface area contributed by atoms with E-state index in [-0.39, 0.29) is 6.04 Å². The third-order valence-corrected chi connectivity index (χ3v) is 4.30. The summed E-state index contributed by atoms with van der Waals surface area (Å²) >= 11 is 0. The second kappa shape index (κ2) is 5.61. The summed E-state index contributed by atoms with van der Waals surface area (Å²) < 4.78 is 1.77. The lowest BCUT2D eigenvalue weighted by Crippen LogP contribution is -2.18. The molecule has 6 heteroatoms. The number of nitrogens with zero attached hydrogens (tertiary/aromatic N) is 5. The number of nitrogens with one attached hydrogen (secondary N) is 1. The highest BCUT2D eigenvalue weighted by Crippen LogP contribution is 2.40. The van der Waals surface area contributed by atoms with Crippen LogP contribution in [0, 0.1) is 5.92 Å². The Morgan fingerprint density at radius 1 is 1.30 bits per heavy atom. The van der Waals surface area contributed by atoms with Gasteiger partial charge in [0, 0.05) is 18.3 Å². The van der Waals surface area contributed by atoms with Gasteiger partial charge in [-0.3, -0.25) is 4.98 Å². The van der Waals surface area contributed by atoms with E-state index in [1.807, 2.05) is 12.3 Å². The second-order valence-corrected chi connectivity index (χ2v) is 6.51. The Hall–Kier alpha value is -2.50. The topological polar surface area (TPSA) is 68.0 Å². The summed E-state index contributed by atoms with van der Waals surface area (Å²) in [7, 11) is 0. The molecule has 0 radical (unpaired) electrons. The zero-order chi connectivity index (χ0) is 15.8. The van der Waals surface area contributed by atoms with E-state index in [4.69, 9.17) is 0 Å². The van der Waals surface area contributed by atoms with Crippen LogP contribution in [0.25, 0.3) is 5.65 Å². The maximum atomic E-state index is 4.62. The molecule has 0 saturated heterocycles. The van der Waals surface area contributed by atoms with Crippen LogP contribution >= 0.6 is 0 Å². The van der Waals surface area contributed by atoms with E-state index in [2.05, 4.69) is 51.6 Å². The van der Waals surface area contributed by atoms with E-state index in [1.165, 1.54) is 18.4 Å². The van der Waals surface area contributed by atoms with Crippen molar-refractivity contribution in [2.45, 2.75) is 38.6 Å². The SMILES string of the molecule is CC(C)C(Nc1cc(C2CC2)nn2cnnc12)c1cccnc1. The number of rotatable bonds is 5. The van der Waals surface area contributed by atoms with Crippen molar-refractivity contribution in [1.29, 1.82) is 0 Å². The summed E-state index contributed by atoms with van der Waals surface area (Å²) in [6.07, 6.45) is 7.82. The summed E-state index contributed by atoms with van der Waals surface area (Å²) in [6.45, 7) is 4.41. The summed E-state index contributed by atoms with van der Waals surface area (Å²) in [6, 6.07) is 6.38. The molecule has 1 saturated carbocycles. The van der Waals surface area contributed by atoms with Gasteiger partial charge in [0.15, 0.2) is 0 Å². The molecule has 3 heterocycles. The second-order valence-electron chi connectivity index (χ2n) is 6.51. The maximum absolute atomic E-state index is 4.62. The van der Waals surface area contributed by atoms with E-state index in [1.54, 1.807) is 17.0 Å². The molecule has 23 heavy (non-hydrogen) atoms. The van der Waals surface area contributed by atoms with Crippen LogP contribution in [0.1, 0.15) is 49.9 Å². The fourth-order valence-electron chi connectivity index (χ4n) is 2.89. The van der Waals surface area contributed by atoms with Crippen molar-refractivity contribution in [3.8, 4) is 0 Å². The van der Waals surface area contributed by atoms with Crippen LogP contribution in [0.5, 0.6) is 0 Å². The number of anilines is 1. The Morgan fingerprint density at radius 3 is 2.87 bits per heavy atom. The van der Waals surface area contributed by atoms with Crippen molar-refractivity contribution < 1.29 is 0 Å². The van der Waals surface area contributed by atoms with Crippen LogP contribution < -0.4 is 5.32 Å². The molecule has 4 rings (SSSR count). The minimum atomic E-state index is 0.165. The lowest BCUT2D eigenvalue weighted by molar-refractivity contribution is 0.545. The van der Waals surface area contributed by atoms with E-state index < -0.39 is 0 Å². The first-order valence-corrected chi connectivity index (χ1v) is 8.10. The molecule has 0 aliphatic heterocycles. The number of aromatic nitrogens is 5. The van der Waals surface area contributed by atoms with Gasteiger partial charge in [-0.25, -0.2) is 0 Å². The predicted molar refractivity (Wildman–Crippen MR) is 88.2 cm³/mol. The molecule has 1 atom stereocenters. The molecule has 3 aromatic rings. The Kier molecular flexibility index (Phi) is 3.44. The summed E-state index contributed by atoms with van der Waals surface area (Å²) in [4.78, 5) is 4.25. The molecule has 0 amide bonds. The van der Waals surface area contributed by atoms with Gasteiger partial charge < -0.3 is 5.32 Å². The molecule has 0 spiro atoms. The van der Waals surface area contributed by atoms with E-state index >= 15 is 0 Å². The standard InChI is InChI=1S/C17H20N6/c1-11(2)16(13-4-3-7-18-9-13)20-15-8-14(12-5-6-12)22-23-10-19-21-17(15)23/h3-4,7-12,16,20H,5-6H2,1-2H3. The predicted octanol–water partition coefficient (Wildman–Crippen LogP) is 3.21. The molecule has 0 aromatic carbocycles. The first-order valence-electron chi connectivity index (χ1n) is 8.10. The van der Waals surface area contributed by atoms with Gasteiger partial charge in [-0.15, -0.1) is 10.2 Å². The zero-order valence-corrected chi connectivity index (χ0v) is 13.3. The van der Waals surface area contributed by atoms with Crippen LogP contribution in [-0.2, 0) is 0 Å². The molecule has 1 aliphatic rings. The van der Waals surface area contributed by atoms with Crippen LogP contribution in [-0.4, -0.2) is 24.8 Å². The van der Waals surface area contributed by atoms with Crippen LogP contribution in [0.4, 0.5) is 5.69 Å². The highest BCUT2D eigenvalue weighted by atomic mass is 15.3. The number of pyridine rings is 1. The molecule has 3 aromatic heterocycles. The molecule has 1 unspecified atom stereocenters. The normalized spacial score (nSPS) is 16.0. The first-order chi connectivity index (χ1) is 11.2. The van der Waals surface area contributed by atoms with E-state index in [0.29, 0.717) is 11.8 Å². The van der Waals surface area contributed by atoms with Crippen molar-refractivity contribution in [1.82, 2.24) is 24.8 Å². The highest BCUT2D eigenvalue weighted by molar-refractivity contribution is 5.67. The minimum absolute atomic E-state index is 0.165. The van der Waals surface area contributed by atoms with Gasteiger partial charge in [-0.05, 0) is 36.5 Å². The average Bonchev–Trinajstić information content (AvgIpc) is 3.30. The molecule has 1 fully saturated rings. The van der Waals surface area contributed by atoms with Gasteiger partial charge in [0.2, 0.25) is 5.65 Å². The van der Waals surface area contributed by atoms with Crippen molar-refractivity contribution in [2.75, 3.05) is 5.32 Å². The highest BCUT2D eigenvalue weighted by Gasteiger charge is 2.27. The van der Waals surface area contributed by atoms with E-state index in [9.17, 15) is 0 Å². The third kappa shape index (κ3) is 2.76. The van der Waals surface area contributed by atoms with Gasteiger partial charge in [-0.1, -0.05) is 19.9 Å². The molecule has 1 aliphatic carbocycles. The summed E-state index contributed by atoms with van der Waals surface area (Å²) in [5, 5.41) is 16.5. The Bertz CT molecular complexity index is 806. The Labute approximate surface area is 135 Å². The van der Waals surface area contributed by atoms with Crippen molar-refractivity contribution in [3.05, 3.63) is 48.2 Å². The average molecular weight is 308 g/mol. The monoisotopic (exact) mass is 308 g/mol. The number of hydrogen-bond donors (Lipinski definition) is 1. The van der Waals surface area contributed by atoms with Gasteiger partial charge >= 0.3 is 0 Å². The minimum Gasteiger partial charge on any atom is -0.375 e. The molecular weight excluding hydrogens is 288 g/mol. The van der Waals surface area contributed by atoms with Crippen LogP contribution in [0.15, 0.2) is 36.9 Å². The molecule has 6 nitrogen and oxygen atoms in total. The largest absolute Gasteiger partial charge is 0.375 e. The van der Waals surface area contributed by atoms with E-state index in [0.717, 1.165) is 17.0 Å². The van der Waals surface area contributed by atoms with Gasteiger partial charge in [0.05, 0.1) is 17.4 Å². The zero-order valence-electron chi connectivity index (χ0n) is 13.3. The number of hydrogen-bond acceptors (Lipinski definition) is 5. The van der Waals surface area contributed by atoms with Crippen molar-refractivity contribution in [3.63, 3.8) is 0 Å². The Morgan fingerprint density at radius 2 is 2.17 bits per heavy atom. The van der Waals surface area contributed by atoms with Crippen LogP contribution in [0.3, 0.4) is 0 Å². The maximum Gasteiger partial charge on any atom is 0.200 e. The van der Waals surface area contributed by atoms with Gasteiger partial charge in [-0.2, -0.15) is 9.61 Å².